The van der Waals surface area contributed by atoms with Crippen LogP contribution in [0.5, 0.6) is 5.75 Å². The van der Waals surface area contributed by atoms with Gasteiger partial charge in [0, 0.05) is 10.5 Å². The summed E-state index contributed by atoms with van der Waals surface area (Å²) in [7, 11) is 0. The molecule has 0 saturated carbocycles. The van der Waals surface area contributed by atoms with E-state index in [-0.39, 0.29) is 12.3 Å². The predicted molar refractivity (Wildman–Crippen MR) is 92.1 cm³/mol. The molecule has 3 aromatic carbocycles. The van der Waals surface area contributed by atoms with Crippen LogP contribution in [0.4, 0.5) is 14.5 Å². The van der Waals surface area contributed by atoms with E-state index >= 15 is 0 Å². The Morgan fingerprint density at radius 1 is 1.00 bits per heavy atom. The van der Waals surface area contributed by atoms with Crippen molar-refractivity contribution in [3.05, 3.63) is 70.7 Å². The topological polar surface area (TPSA) is 38.3 Å². The highest BCUT2D eigenvalue weighted by Gasteiger charge is 2.09. The first-order valence-corrected chi connectivity index (χ1v) is 7.87. The molecule has 0 heterocycles. The van der Waals surface area contributed by atoms with Crippen LogP contribution in [0.25, 0.3) is 10.8 Å². The molecule has 0 aliphatic rings. The zero-order valence-electron chi connectivity index (χ0n) is 12.4. The number of hydrogen-bond donors (Lipinski definition) is 1. The van der Waals surface area contributed by atoms with Gasteiger partial charge >= 0.3 is 0 Å². The molecule has 1 amide bonds. The summed E-state index contributed by atoms with van der Waals surface area (Å²) in [5, 5.41) is 4.35. The number of ether oxygens (including phenoxy) is 1. The van der Waals surface area contributed by atoms with E-state index in [1.807, 2.05) is 30.3 Å². The lowest BCUT2D eigenvalue weighted by atomic mass is 10.1. The van der Waals surface area contributed by atoms with Gasteiger partial charge in [-0.1, -0.05) is 28.1 Å². The molecule has 0 spiro atoms. The summed E-state index contributed by atoms with van der Waals surface area (Å²) in [5.41, 5.74) is -0.0895. The number of carbonyl (C=O) groups is 1. The normalized spacial score (nSPS) is 10.6. The Kier molecular flexibility index (Phi) is 4.76. The van der Waals surface area contributed by atoms with Crippen molar-refractivity contribution in [2.75, 3.05) is 11.9 Å². The van der Waals surface area contributed by atoms with Crippen LogP contribution < -0.4 is 10.1 Å². The number of carbonyl (C=O) groups excluding carboxylic acids is 1. The minimum Gasteiger partial charge on any atom is -0.484 e. The maximum absolute atomic E-state index is 13.5. The number of amides is 1. The Hall–Kier alpha value is -2.47. The molecule has 0 radical (unpaired) electrons. The molecule has 1 N–H and O–H groups in total. The molecular weight excluding hydrogens is 380 g/mol. The molecule has 0 saturated heterocycles. The molecule has 6 heteroatoms. The highest BCUT2D eigenvalue weighted by atomic mass is 79.9. The second-order valence-electron chi connectivity index (χ2n) is 5.11. The van der Waals surface area contributed by atoms with Gasteiger partial charge < -0.3 is 10.1 Å². The van der Waals surface area contributed by atoms with Crippen molar-refractivity contribution >= 4 is 38.3 Å². The summed E-state index contributed by atoms with van der Waals surface area (Å²) in [4.78, 5) is 11.8. The van der Waals surface area contributed by atoms with E-state index in [2.05, 4.69) is 21.2 Å². The maximum Gasteiger partial charge on any atom is 0.262 e. The molecule has 0 atom stereocenters. The molecule has 122 valence electrons. The molecule has 3 nitrogen and oxygen atoms in total. The molecular formula is C18H12BrF2NO2. The van der Waals surface area contributed by atoms with Crippen molar-refractivity contribution in [3.8, 4) is 5.75 Å². The van der Waals surface area contributed by atoms with Crippen LogP contribution >= 0.6 is 15.9 Å². The lowest BCUT2D eigenvalue weighted by Gasteiger charge is -2.09. The third kappa shape index (κ3) is 3.89. The molecule has 0 fully saturated rings. The van der Waals surface area contributed by atoms with Gasteiger partial charge in [0.15, 0.2) is 6.61 Å². The van der Waals surface area contributed by atoms with Crippen LogP contribution in [0.2, 0.25) is 0 Å². The largest absolute Gasteiger partial charge is 0.484 e. The van der Waals surface area contributed by atoms with Gasteiger partial charge in [0.2, 0.25) is 0 Å². The Morgan fingerprint density at radius 3 is 2.54 bits per heavy atom. The first-order valence-electron chi connectivity index (χ1n) is 7.08. The van der Waals surface area contributed by atoms with E-state index < -0.39 is 17.5 Å². The average molecular weight is 392 g/mol. The summed E-state index contributed by atoms with van der Waals surface area (Å²) in [5.74, 6) is -1.54. The Morgan fingerprint density at radius 2 is 1.75 bits per heavy atom. The first kappa shape index (κ1) is 16.4. The van der Waals surface area contributed by atoms with Crippen molar-refractivity contribution < 1.29 is 18.3 Å². The number of hydrogen-bond acceptors (Lipinski definition) is 2. The van der Waals surface area contributed by atoms with Crippen molar-refractivity contribution in [1.82, 2.24) is 0 Å². The third-order valence-corrected chi connectivity index (χ3v) is 3.84. The maximum atomic E-state index is 13.5. The Labute approximate surface area is 145 Å². The SMILES string of the molecule is O=C(COc1ccc2cc(Br)ccc2c1)Nc1ccc(F)cc1F. The van der Waals surface area contributed by atoms with Crippen LogP contribution in [-0.4, -0.2) is 12.5 Å². The van der Waals surface area contributed by atoms with Gasteiger partial charge in [-0.05, 0) is 47.2 Å². The van der Waals surface area contributed by atoms with E-state index in [0.717, 1.165) is 27.4 Å². The second kappa shape index (κ2) is 6.97. The molecule has 0 aliphatic carbocycles. The lowest BCUT2D eigenvalue weighted by molar-refractivity contribution is -0.118. The number of rotatable bonds is 4. The molecule has 3 rings (SSSR count). The van der Waals surface area contributed by atoms with Crippen LogP contribution in [0.3, 0.4) is 0 Å². The van der Waals surface area contributed by atoms with Crippen molar-refractivity contribution in [3.63, 3.8) is 0 Å². The number of fused-ring (bicyclic) bond motifs is 1. The van der Waals surface area contributed by atoms with Gasteiger partial charge in [0.05, 0.1) is 5.69 Å². The molecule has 0 bridgehead atoms. The predicted octanol–water partition coefficient (Wildman–Crippen LogP) is 4.90. The molecule has 0 unspecified atom stereocenters. The summed E-state index contributed by atoms with van der Waals surface area (Å²) in [6.07, 6.45) is 0. The van der Waals surface area contributed by atoms with Gasteiger partial charge in [0.1, 0.15) is 17.4 Å². The minimum atomic E-state index is -0.834. The number of benzene rings is 3. The van der Waals surface area contributed by atoms with Crippen molar-refractivity contribution in [2.24, 2.45) is 0 Å². The highest BCUT2D eigenvalue weighted by Crippen LogP contribution is 2.24. The molecule has 0 aromatic heterocycles. The van der Waals surface area contributed by atoms with Crippen LogP contribution in [0.1, 0.15) is 0 Å². The molecule has 0 aliphatic heterocycles. The van der Waals surface area contributed by atoms with Gasteiger partial charge in [-0.25, -0.2) is 8.78 Å². The van der Waals surface area contributed by atoms with Gasteiger partial charge in [0.25, 0.3) is 5.91 Å². The summed E-state index contributed by atoms with van der Waals surface area (Å²) >= 11 is 3.40. The highest BCUT2D eigenvalue weighted by molar-refractivity contribution is 9.10. The van der Waals surface area contributed by atoms with Crippen LogP contribution in [0.15, 0.2) is 59.1 Å². The quantitative estimate of drug-likeness (QED) is 0.686. The van der Waals surface area contributed by atoms with Gasteiger partial charge in [-0.2, -0.15) is 0 Å². The minimum absolute atomic E-state index is 0.0895. The Bertz CT molecular complexity index is 915. The summed E-state index contributed by atoms with van der Waals surface area (Å²) < 4.78 is 32.7. The molecule has 24 heavy (non-hydrogen) atoms. The summed E-state index contributed by atoms with van der Waals surface area (Å²) in [6.45, 7) is -0.279. The van der Waals surface area contributed by atoms with E-state index in [0.29, 0.717) is 11.8 Å². The zero-order chi connectivity index (χ0) is 17.1. The van der Waals surface area contributed by atoms with E-state index in [4.69, 9.17) is 4.74 Å². The second-order valence-corrected chi connectivity index (χ2v) is 6.03. The third-order valence-electron chi connectivity index (χ3n) is 3.35. The standard InChI is InChI=1S/C18H12BrF2NO2/c19-13-3-1-12-8-15(5-2-11(12)7-13)24-10-18(23)22-17-6-4-14(20)9-16(17)21/h1-9H,10H2,(H,22,23). The van der Waals surface area contributed by atoms with Gasteiger partial charge in [-0.3, -0.25) is 4.79 Å². The fraction of sp³-hybridized carbons (Fsp3) is 0.0556. The number of nitrogens with one attached hydrogen (secondary N) is 1. The molecule has 3 aromatic rings. The van der Waals surface area contributed by atoms with E-state index in [9.17, 15) is 13.6 Å². The number of halogens is 3. The number of anilines is 1. The monoisotopic (exact) mass is 391 g/mol. The van der Waals surface area contributed by atoms with E-state index in [1.165, 1.54) is 0 Å². The van der Waals surface area contributed by atoms with Crippen molar-refractivity contribution in [2.45, 2.75) is 0 Å². The van der Waals surface area contributed by atoms with Crippen molar-refractivity contribution in [1.29, 1.82) is 0 Å². The summed E-state index contributed by atoms with van der Waals surface area (Å²) in [6, 6.07) is 14.2. The average Bonchev–Trinajstić information content (AvgIpc) is 2.55. The fourth-order valence-corrected chi connectivity index (χ4v) is 2.59. The van der Waals surface area contributed by atoms with Crippen LogP contribution in [-0.2, 0) is 4.79 Å². The fourth-order valence-electron chi connectivity index (χ4n) is 2.21. The lowest BCUT2D eigenvalue weighted by Crippen LogP contribution is -2.20. The Balaban J connectivity index is 1.64. The van der Waals surface area contributed by atoms with Gasteiger partial charge in [-0.15, -0.1) is 0 Å². The van der Waals surface area contributed by atoms with E-state index in [1.54, 1.807) is 6.07 Å². The smallest absolute Gasteiger partial charge is 0.262 e. The zero-order valence-corrected chi connectivity index (χ0v) is 13.9. The first-order chi connectivity index (χ1) is 11.5. The van der Waals surface area contributed by atoms with Crippen LogP contribution in [0, 0.1) is 11.6 Å².